The Labute approximate surface area is 119 Å². The van der Waals surface area contributed by atoms with Crippen LogP contribution < -0.4 is 4.74 Å². The first-order valence-electron chi connectivity index (χ1n) is 6.53. The van der Waals surface area contributed by atoms with E-state index in [1.54, 1.807) is 11.9 Å². The number of rotatable bonds is 7. The lowest BCUT2D eigenvalue weighted by Gasteiger charge is -2.17. The third kappa shape index (κ3) is 5.73. The Balaban J connectivity index is 2.27. The fraction of sp³-hybridized carbons (Fsp3) is 0.467. The molecule has 0 N–H and O–H groups in total. The summed E-state index contributed by atoms with van der Waals surface area (Å²) in [5.74, 6) is 0.295. The van der Waals surface area contributed by atoms with E-state index in [1.807, 2.05) is 31.2 Å². The average molecular weight is 279 g/mol. The number of nitrogens with zero attached hydrogens (tertiary/aromatic N) is 1. The number of aryl methyl sites for hydroxylation is 1. The summed E-state index contributed by atoms with van der Waals surface area (Å²) in [6.07, 6.45) is 0.895. The Morgan fingerprint density at radius 3 is 2.45 bits per heavy atom. The molecular formula is C15H21NO4. The first kappa shape index (κ1) is 16.0. The number of methoxy groups -OCH3 is 1. The second-order valence-electron chi connectivity index (χ2n) is 4.60. The number of ether oxygens (including phenoxy) is 2. The predicted molar refractivity (Wildman–Crippen MR) is 75.6 cm³/mol. The van der Waals surface area contributed by atoms with Gasteiger partial charge in [0.25, 0.3) is 5.91 Å². The molecule has 0 unspecified atom stereocenters. The van der Waals surface area contributed by atoms with Gasteiger partial charge in [0, 0.05) is 20.0 Å². The van der Waals surface area contributed by atoms with E-state index in [2.05, 4.69) is 4.74 Å². The molecule has 0 bridgehead atoms. The molecule has 1 amide bonds. The number of likely N-dealkylation sites (N-methyl/N-ethyl adjacent to an activating group) is 1. The van der Waals surface area contributed by atoms with Crippen LogP contribution >= 0.6 is 0 Å². The minimum absolute atomic E-state index is 0.00220. The van der Waals surface area contributed by atoms with Crippen LogP contribution in [0.5, 0.6) is 5.75 Å². The third-order valence-corrected chi connectivity index (χ3v) is 2.91. The van der Waals surface area contributed by atoms with Gasteiger partial charge in [0.1, 0.15) is 5.75 Å². The van der Waals surface area contributed by atoms with E-state index in [0.29, 0.717) is 25.1 Å². The summed E-state index contributed by atoms with van der Waals surface area (Å²) < 4.78 is 9.95. The number of benzene rings is 1. The van der Waals surface area contributed by atoms with Crippen molar-refractivity contribution in [1.29, 1.82) is 0 Å². The number of carbonyl (C=O) groups is 2. The van der Waals surface area contributed by atoms with Gasteiger partial charge in [0.05, 0.1) is 7.11 Å². The van der Waals surface area contributed by atoms with Crippen molar-refractivity contribution in [2.24, 2.45) is 0 Å². The summed E-state index contributed by atoms with van der Waals surface area (Å²) in [6.45, 7) is 2.49. The SMILES string of the molecule is COC(=O)CCCN(C)C(=O)COc1ccc(C)cc1. The van der Waals surface area contributed by atoms with Crippen molar-refractivity contribution in [1.82, 2.24) is 4.90 Å². The highest BCUT2D eigenvalue weighted by atomic mass is 16.5. The standard InChI is InChI=1S/C15H21NO4/c1-12-6-8-13(9-7-12)20-11-14(17)16(2)10-4-5-15(18)19-3/h6-9H,4-5,10-11H2,1-3H3. The zero-order valence-corrected chi connectivity index (χ0v) is 12.2. The molecule has 0 spiro atoms. The predicted octanol–water partition coefficient (Wildman–Crippen LogP) is 1.79. The lowest BCUT2D eigenvalue weighted by Crippen LogP contribution is -2.32. The first-order chi connectivity index (χ1) is 9.52. The van der Waals surface area contributed by atoms with Gasteiger partial charge in [-0.15, -0.1) is 0 Å². The first-order valence-corrected chi connectivity index (χ1v) is 6.53. The van der Waals surface area contributed by atoms with Crippen molar-refractivity contribution in [2.45, 2.75) is 19.8 Å². The molecule has 0 fully saturated rings. The van der Waals surface area contributed by atoms with Gasteiger partial charge in [-0.25, -0.2) is 0 Å². The van der Waals surface area contributed by atoms with Crippen LogP contribution in [0, 0.1) is 6.92 Å². The Morgan fingerprint density at radius 2 is 1.85 bits per heavy atom. The van der Waals surface area contributed by atoms with Crippen molar-refractivity contribution in [3.05, 3.63) is 29.8 Å². The number of amides is 1. The summed E-state index contributed by atoms with van der Waals surface area (Å²) in [7, 11) is 3.05. The Morgan fingerprint density at radius 1 is 1.20 bits per heavy atom. The molecule has 0 aliphatic heterocycles. The maximum atomic E-state index is 11.8. The largest absolute Gasteiger partial charge is 0.484 e. The normalized spacial score (nSPS) is 9.95. The van der Waals surface area contributed by atoms with Crippen molar-refractivity contribution in [3.8, 4) is 5.75 Å². The summed E-state index contributed by atoms with van der Waals surface area (Å²) in [6, 6.07) is 7.53. The van der Waals surface area contributed by atoms with Gasteiger partial charge >= 0.3 is 5.97 Å². The third-order valence-electron chi connectivity index (χ3n) is 2.91. The van der Waals surface area contributed by atoms with Crippen molar-refractivity contribution >= 4 is 11.9 Å². The van der Waals surface area contributed by atoms with E-state index in [0.717, 1.165) is 5.56 Å². The van der Waals surface area contributed by atoms with Gasteiger partial charge in [0.2, 0.25) is 0 Å². The summed E-state index contributed by atoms with van der Waals surface area (Å²) in [5.41, 5.74) is 1.14. The van der Waals surface area contributed by atoms with Gasteiger partial charge in [-0.2, -0.15) is 0 Å². The van der Waals surface area contributed by atoms with Crippen LogP contribution in [0.3, 0.4) is 0 Å². The lowest BCUT2D eigenvalue weighted by atomic mass is 10.2. The average Bonchev–Trinajstić information content (AvgIpc) is 2.45. The van der Waals surface area contributed by atoms with E-state index in [-0.39, 0.29) is 18.5 Å². The highest BCUT2D eigenvalue weighted by Crippen LogP contribution is 2.11. The highest BCUT2D eigenvalue weighted by Gasteiger charge is 2.10. The van der Waals surface area contributed by atoms with Gasteiger partial charge in [-0.05, 0) is 25.5 Å². The van der Waals surface area contributed by atoms with Crippen LogP contribution in [0.15, 0.2) is 24.3 Å². The fourth-order valence-electron chi connectivity index (χ4n) is 1.58. The van der Waals surface area contributed by atoms with Crippen molar-refractivity contribution in [2.75, 3.05) is 27.3 Å². The monoisotopic (exact) mass is 279 g/mol. The Hall–Kier alpha value is -2.04. The number of carbonyl (C=O) groups excluding carboxylic acids is 2. The summed E-state index contributed by atoms with van der Waals surface area (Å²) in [5, 5.41) is 0. The molecule has 0 atom stereocenters. The van der Waals surface area contributed by atoms with E-state index in [4.69, 9.17) is 4.74 Å². The van der Waals surface area contributed by atoms with E-state index in [1.165, 1.54) is 7.11 Å². The highest BCUT2D eigenvalue weighted by molar-refractivity contribution is 5.77. The van der Waals surface area contributed by atoms with Crippen LogP contribution in [-0.2, 0) is 14.3 Å². The minimum Gasteiger partial charge on any atom is -0.484 e. The lowest BCUT2D eigenvalue weighted by molar-refractivity contribution is -0.141. The van der Waals surface area contributed by atoms with Crippen LogP contribution in [0.2, 0.25) is 0 Å². The number of esters is 1. The quantitative estimate of drug-likeness (QED) is 0.714. The molecule has 5 heteroatoms. The van der Waals surface area contributed by atoms with E-state index in [9.17, 15) is 9.59 Å². The molecule has 0 radical (unpaired) electrons. The molecule has 110 valence electrons. The van der Waals surface area contributed by atoms with E-state index >= 15 is 0 Å². The summed E-state index contributed by atoms with van der Waals surface area (Å²) >= 11 is 0. The molecule has 1 aromatic carbocycles. The molecular weight excluding hydrogens is 258 g/mol. The van der Waals surface area contributed by atoms with Crippen LogP contribution in [0.1, 0.15) is 18.4 Å². The molecule has 1 aromatic rings. The van der Waals surface area contributed by atoms with Gasteiger partial charge in [0.15, 0.2) is 6.61 Å². The van der Waals surface area contributed by atoms with Gasteiger partial charge < -0.3 is 14.4 Å². The molecule has 0 aliphatic rings. The topological polar surface area (TPSA) is 55.8 Å². The second kappa shape index (κ2) is 8.19. The zero-order valence-electron chi connectivity index (χ0n) is 12.2. The maximum absolute atomic E-state index is 11.8. The minimum atomic E-state index is -0.262. The molecule has 5 nitrogen and oxygen atoms in total. The Bertz CT molecular complexity index is 442. The molecule has 0 aromatic heterocycles. The fourth-order valence-corrected chi connectivity index (χ4v) is 1.58. The maximum Gasteiger partial charge on any atom is 0.305 e. The molecule has 0 heterocycles. The second-order valence-corrected chi connectivity index (χ2v) is 4.60. The van der Waals surface area contributed by atoms with Gasteiger partial charge in [-0.3, -0.25) is 9.59 Å². The smallest absolute Gasteiger partial charge is 0.305 e. The van der Waals surface area contributed by atoms with Crippen LogP contribution in [0.25, 0.3) is 0 Å². The van der Waals surface area contributed by atoms with Crippen LogP contribution in [-0.4, -0.2) is 44.1 Å². The van der Waals surface area contributed by atoms with Crippen LogP contribution in [0.4, 0.5) is 0 Å². The zero-order chi connectivity index (χ0) is 15.0. The Kier molecular flexibility index (Phi) is 6.56. The van der Waals surface area contributed by atoms with E-state index < -0.39 is 0 Å². The number of hydrogen-bond acceptors (Lipinski definition) is 4. The van der Waals surface area contributed by atoms with Gasteiger partial charge in [-0.1, -0.05) is 17.7 Å². The molecule has 20 heavy (non-hydrogen) atoms. The molecule has 0 aliphatic carbocycles. The number of hydrogen-bond donors (Lipinski definition) is 0. The summed E-state index contributed by atoms with van der Waals surface area (Å²) in [4.78, 5) is 24.3. The molecule has 0 saturated heterocycles. The molecule has 1 rings (SSSR count). The van der Waals surface area contributed by atoms with Crippen molar-refractivity contribution < 1.29 is 19.1 Å². The van der Waals surface area contributed by atoms with Crippen molar-refractivity contribution in [3.63, 3.8) is 0 Å². The molecule has 0 saturated carbocycles.